The summed E-state index contributed by atoms with van der Waals surface area (Å²) >= 11 is 0. The first-order chi connectivity index (χ1) is 12.5. The molecule has 1 saturated carbocycles. The minimum absolute atomic E-state index is 0.0588. The van der Waals surface area contributed by atoms with Gasteiger partial charge in [0.15, 0.2) is 0 Å². The van der Waals surface area contributed by atoms with Crippen molar-refractivity contribution in [2.75, 3.05) is 12.4 Å². The number of hydrogen-bond donors (Lipinski definition) is 1. The second kappa shape index (κ2) is 7.55. The lowest BCUT2D eigenvalue weighted by molar-refractivity contribution is -0.385. The molecule has 0 aliphatic heterocycles. The van der Waals surface area contributed by atoms with Crippen molar-refractivity contribution in [3.63, 3.8) is 0 Å². The molecule has 0 atom stereocenters. The maximum absolute atomic E-state index is 11.9. The van der Waals surface area contributed by atoms with Gasteiger partial charge in [0.05, 0.1) is 30.3 Å². The first kappa shape index (κ1) is 17.9. The number of ether oxygens (including phenoxy) is 1. The topological polar surface area (TPSA) is 99.3 Å². The number of methoxy groups -OCH3 is 1. The number of carbonyl (C=O) groups is 1. The fraction of sp³-hybridized carbons (Fsp3) is 0.444. The molecule has 0 spiro atoms. The first-order valence-corrected chi connectivity index (χ1v) is 8.65. The van der Waals surface area contributed by atoms with Gasteiger partial charge in [0.2, 0.25) is 0 Å². The number of hydrogen-bond acceptors (Lipinski definition) is 6. The average Bonchev–Trinajstić information content (AvgIpc) is 3.29. The minimum Gasteiger partial charge on any atom is -0.465 e. The van der Waals surface area contributed by atoms with E-state index >= 15 is 0 Å². The van der Waals surface area contributed by atoms with Crippen LogP contribution in [0.1, 0.15) is 53.3 Å². The summed E-state index contributed by atoms with van der Waals surface area (Å²) in [4.78, 5) is 22.6. The van der Waals surface area contributed by atoms with Crippen LogP contribution < -0.4 is 5.32 Å². The Morgan fingerprint density at radius 2 is 2.15 bits per heavy atom. The quantitative estimate of drug-likeness (QED) is 0.481. The summed E-state index contributed by atoms with van der Waals surface area (Å²) in [6, 6.07) is 5.55. The molecule has 0 saturated heterocycles. The molecular weight excluding hydrogens is 336 g/mol. The third-order valence-electron chi connectivity index (χ3n) is 4.72. The van der Waals surface area contributed by atoms with Crippen LogP contribution in [-0.2, 0) is 11.3 Å². The molecule has 3 rings (SSSR count). The van der Waals surface area contributed by atoms with Crippen LogP contribution in [0, 0.1) is 17.0 Å². The largest absolute Gasteiger partial charge is 0.465 e. The normalized spacial score (nSPS) is 14.4. The fourth-order valence-corrected chi connectivity index (χ4v) is 3.43. The molecule has 138 valence electrons. The van der Waals surface area contributed by atoms with Crippen LogP contribution in [0.15, 0.2) is 24.4 Å². The Morgan fingerprint density at radius 1 is 1.42 bits per heavy atom. The highest BCUT2D eigenvalue weighted by molar-refractivity contribution is 5.95. The predicted octanol–water partition coefficient (Wildman–Crippen LogP) is 3.61. The highest BCUT2D eigenvalue weighted by Crippen LogP contribution is 2.30. The molecule has 1 aliphatic carbocycles. The zero-order valence-electron chi connectivity index (χ0n) is 14.9. The van der Waals surface area contributed by atoms with Gasteiger partial charge in [-0.1, -0.05) is 12.8 Å². The molecule has 0 amide bonds. The van der Waals surface area contributed by atoms with Gasteiger partial charge in [-0.05, 0) is 38.0 Å². The molecule has 1 N–H and O–H groups in total. The van der Waals surface area contributed by atoms with Gasteiger partial charge in [0.1, 0.15) is 5.56 Å². The molecule has 1 aromatic carbocycles. The number of aromatic nitrogens is 2. The van der Waals surface area contributed by atoms with Crippen molar-refractivity contribution in [2.45, 2.75) is 45.2 Å². The molecule has 1 aromatic heterocycles. The van der Waals surface area contributed by atoms with Gasteiger partial charge >= 0.3 is 5.97 Å². The number of esters is 1. The van der Waals surface area contributed by atoms with Crippen LogP contribution in [0.4, 0.5) is 11.4 Å². The molecule has 0 bridgehead atoms. The number of benzene rings is 1. The van der Waals surface area contributed by atoms with E-state index in [1.807, 2.05) is 16.9 Å². The van der Waals surface area contributed by atoms with Crippen molar-refractivity contribution < 1.29 is 14.5 Å². The number of nitrogens with zero attached hydrogens (tertiary/aromatic N) is 3. The molecule has 1 heterocycles. The summed E-state index contributed by atoms with van der Waals surface area (Å²) < 4.78 is 6.69. The second-order valence-corrected chi connectivity index (χ2v) is 6.52. The van der Waals surface area contributed by atoms with Gasteiger partial charge in [-0.2, -0.15) is 5.10 Å². The van der Waals surface area contributed by atoms with E-state index in [1.54, 1.807) is 13.0 Å². The molecule has 2 aromatic rings. The maximum atomic E-state index is 11.9. The summed E-state index contributed by atoms with van der Waals surface area (Å²) in [7, 11) is 1.21. The highest BCUT2D eigenvalue weighted by Gasteiger charge is 2.24. The van der Waals surface area contributed by atoms with E-state index in [0.717, 1.165) is 5.69 Å². The third-order valence-corrected chi connectivity index (χ3v) is 4.72. The number of anilines is 1. The van der Waals surface area contributed by atoms with Crippen LogP contribution in [0.25, 0.3) is 0 Å². The van der Waals surface area contributed by atoms with E-state index in [0.29, 0.717) is 23.8 Å². The molecule has 8 nitrogen and oxygen atoms in total. The zero-order chi connectivity index (χ0) is 18.7. The van der Waals surface area contributed by atoms with Crippen molar-refractivity contribution in [3.05, 3.63) is 51.3 Å². The number of aryl methyl sites for hydroxylation is 1. The van der Waals surface area contributed by atoms with Crippen molar-refractivity contribution in [3.8, 4) is 0 Å². The van der Waals surface area contributed by atoms with Gasteiger partial charge in [0, 0.05) is 17.4 Å². The maximum Gasteiger partial charge on any atom is 0.344 e. The molecule has 0 radical (unpaired) electrons. The van der Waals surface area contributed by atoms with Crippen molar-refractivity contribution in [1.29, 1.82) is 0 Å². The Morgan fingerprint density at radius 3 is 2.81 bits per heavy atom. The number of nitro groups is 1. The van der Waals surface area contributed by atoms with Crippen molar-refractivity contribution in [2.24, 2.45) is 0 Å². The summed E-state index contributed by atoms with van der Waals surface area (Å²) in [5, 5.41) is 19.0. The second-order valence-electron chi connectivity index (χ2n) is 6.52. The monoisotopic (exact) mass is 358 g/mol. The number of nitro benzene ring substituents is 1. The molecule has 8 heteroatoms. The van der Waals surface area contributed by atoms with Gasteiger partial charge < -0.3 is 10.1 Å². The number of carbonyl (C=O) groups excluding carboxylic acids is 1. The highest BCUT2D eigenvalue weighted by atomic mass is 16.6. The lowest BCUT2D eigenvalue weighted by Crippen LogP contribution is -2.10. The Hall–Kier alpha value is -2.90. The summed E-state index contributed by atoms with van der Waals surface area (Å²) in [6.07, 6.45) is 6.82. The number of rotatable bonds is 6. The molecule has 1 fully saturated rings. The lowest BCUT2D eigenvalue weighted by atomic mass is 10.1. The number of nitrogens with one attached hydrogen (secondary N) is 1. The van der Waals surface area contributed by atoms with E-state index in [2.05, 4.69) is 15.2 Å². The Balaban J connectivity index is 1.76. The zero-order valence-corrected chi connectivity index (χ0v) is 14.9. The van der Waals surface area contributed by atoms with Gasteiger partial charge in [-0.25, -0.2) is 4.79 Å². The SMILES string of the molecule is COC(=O)c1cc(NCc2ccn(C3CCCC3)n2)cc(C)c1[N+](=O)[O-]. The predicted molar refractivity (Wildman–Crippen MR) is 96.2 cm³/mol. The average molecular weight is 358 g/mol. The van der Waals surface area contributed by atoms with Crippen molar-refractivity contribution in [1.82, 2.24) is 9.78 Å². The Kier molecular flexibility index (Phi) is 5.20. The van der Waals surface area contributed by atoms with Gasteiger partial charge in [-0.15, -0.1) is 0 Å². The first-order valence-electron chi connectivity index (χ1n) is 8.65. The van der Waals surface area contributed by atoms with E-state index in [4.69, 9.17) is 0 Å². The molecule has 26 heavy (non-hydrogen) atoms. The van der Waals surface area contributed by atoms with E-state index in [1.165, 1.54) is 38.9 Å². The smallest absolute Gasteiger partial charge is 0.344 e. The van der Waals surface area contributed by atoms with Crippen LogP contribution in [0.3, 0.4) is 0 Å². The Labute approximate surface area is 151 Å². The molecular formula is C18H22N4O4. The molecule has 0 unspecified atom stereocenters. The minimum atomic E-state index is -0.728. The van der Waals surface area contributed by atoms with E-state index < -0.39 is 10.9 Å². The van der Waals surface area contributed by atoms with Gasteiger partial charge in [0.25, 0.3) is 5.69 Å². The van der Waals surface area contributed by atoms with Crippen LogP contribution in [-0.4, -0.2) is 27.8 Å². The van der Waals surface area contributed by atoms with E-state index in [9.17, 15) is 14.9 Å². The third kappa shape index (κ3) is 3.68. The molecule has 1 aliphatic rings. The van der Waals surface area contributed by atoms with Gasteiger partial charge in [-0.3, -0.25) is 14.8 Å². The lowest BCUT2D eigenvalue weighted by Gasteiger charge is -2.10. The fourth-order valence-electron chi connectivity index (χ4n) is 3.43. The van der Waals surface area contributed by atoms with E-state index in [-0.39, 0.29) is 11.3 Å². The van der Waals surface area contributed by atoms with Crippen LogP contribution in [0.2, 0.25) is 0 Å². The van der Waals surface area contributed by atoms with Crippen LogP contribution in [0.5, 0.6) is 0 Å². The summed E-state index contributed by atoms with van der Waals surface area (Å²) in [5.41, 5.74) is 1.61. The standard InChI is InChI=1S/C18H22N4O4/c1-12-9-14(10-16(18(23)26-2)17(12)22(24)25)19-11-13-7-8-21(20-13)15-5-3-4-6-15/h7-10,15,19H,3-6,11H2,1-2H3. The summed E-state index contributed by atoms with van der Waals surface area (Å²) in [6.45, 7) is 2.07. The van der Waals surface area contributed by atoms with Crippen molar-refractivity contribution >= 4 is 17.3 Å². The summed E-state index contributed by atoms with van der Waals surface area (Å²) in [5.74, 6) is -0.728. The van der Waals surface area contributed by atoms with Crippen LogP contribution >= 0.6 is 0 Å². The Bertz CT molecular complexity index is 825.